The summed E-state index contributed by atoms with van der Waals surface area (Å²) in [5, 5.41) is 3.32. The van der Waals surface area contributed by atoms with Crippen molar-refractivity contribution in [1.29, 1.82) is 0 Å². The number of ether oxygens (including phenoxy) is 1. The van der Waals surface area contributed by atoms with E-state index in [9.17, 15) is 8.42 Å². The van der Waals surface area contributed by atoms with Gasteiger partial charge in [0.2, 0.25) is 10.0 Å². The minimum absolute atomic E-state index is 0.0147. The summed E-state index contributed by atoms with van der Waals surface area (Å²) in [5.74, 6) is 0. The Balaban J connectivity index is 1.72. The van der Waals surface area contributed by atoms with Crippen molar-refractivity contribution in [2.75, 3.05) is 18.5 Å². The summed E-state index contributed by atoms with van der Waals surface area (Å²) in [6.07, 6.45) is 2.81. The normalized spacial score (nSPS) is 25.4. The maximum Gasteiger partial charge on any atom is 0.240 e. The van der Waals surface area contributed by atoms with Crippen molar-refractivity contribution < 1.29 is 13.2 Å². The van der Waals surface area contributed by atoms with Crippen molar-refractivity contribution in [2.45, 2.75) is 43.2 Å². The molecule has 2 heterocycles. The number of anilines is 1. The fourth-order valence-corrected chi connectivity index (χ4v) is 3.90. The quantitative estimate of drug-likeness (QED) is 0.883. The second kappa shape index (κ2) is 5.35. The minimum atomic E-state index is -3.44. The maximum absolute atomic E-state index is 12.3. The van der Waals surface area contributed by atoms with Gasteiger partial charge in [-0.1, -0.05) is 0 Å². The lowest BCUT2D eigenvalue weighted by Crippen LogP contribution is -2.31. The molecular weight excluding hydrogens is 276 g/mol. The Labute approximate surface area is 119 Å². The van der Waals surface area contributed by atoms with Gasteiger partial charge in [0.1, 0.15) is 0 Å². The zero-order valence-corrected chi connectivity index (χ0v) is 12.4. The summed E-state index contributed by atoms with van der Waals surface area (Å²) in [7, 11) is -3.44. The van der Waals surface area contributed by atoms with Crippen molar-refractivity contribution in [3.8, 4) is 0 Å². The van der Waals surface area contributed by atoms with Crippen LogP contribution in [0.1, 0.15) is 25.3 Å². The third-order valence-corrected chi connectivity index (χ3v) is 5.26. The first kappa shape index (κ1) is 13.9. The Kier molecular flexibility index (Phi) is 3.70. The summed E-state index contributed by atoms with van der Waals surface area (Å²) in [6, 6.07) is 5.63. The van der Waals surface area contributed by atoms with Crippen LogP contribution in [0.5, 0.6) is 0 Å². The Hall–Kier alpha value is -1.11. The predicted molar refractivity (Wildman–Crippen MR) is 77.4 cm³/mol. The maximum atomic E-state index is 12.3. The van der Waals surface area contributed by atoms with Gasteiger partial charge >= 0.3 is 0 Å². The molecule has 2 aliphatic rings. The molecule has 20 heavy (non-hydrogen) atoms. The minimum Gasteiger partial charge on any atom is -0.382 e. The SMILES string of the molecule is CC1Cc2cc(S(=O)(=O)NCC3CCCO3)ccc2N1. The fraction of sp³-hybridized carbons (Fsp3) is 0.571. The summed E-state index contributed by atoms with van der Waals surface area (Å²) < 4.78 is 32.6. The average molecular weight is 296 g/mol. The van der Waals surface area contributed by atoms with Crippen LogP contribution in [-0.2, 0) is 21.2 Å². The standard InChI is InChI=1S/C14H20N2O3S/c1-10-7-11-8-13(4-5-14(11)16-10)20(17,18)15-9-12-3-2-6-19-12/h4-5,8,10,12,15-16H,2-3,6-7,9H2,1H3. The number of fused-ring (bicyclic) bond motifs is 1. The summed E-state index contributed by atoms with van der Waals surface area (Å²) in [6.45, 7) is 3.17. The number of sulfonamides is 1. The monoisotopic (exact) mass is 296 g/mol. The lowest BCUT2D eigenvalue weighted by molar-refractivity contribution is 0.114. The molecule has 0 aliphatic carbocycles. The molecule has 1 aromatic carbocycles. The van der Waals surface area contributed by atoms with Crippen LogP contribution in [0.3, 0.4) is 0 Å². The van der Waals surface area contributed by atoms with Crippen LogP contribution in [0.15, 0.2) is 23.1 Å². The van der Waals surface area contributed by atoms with Crippen molar-refractivity contribution in [1.82, 2.24) is 4.72 Å². The number of hydrogen-bond donors (Lipinski definition) is 2. The van der Waals surface area contributed by atoms with E-state index < -0.39 is 10.0 Å². The molecule has 2 atom stereocenters. The molecule has 0 amide bonds. The van der Waals surface area contributed by atoms with Gasteiger partial charge in [-0.15, -0.1) is 0 Å². The number of benzene rings is 1. The van der Waals surface area contributed by atoms with Gasteiger partial charge in [-0.2, -0.15) is 0 Å². The molecule has 0 saturated carbocycles. The Morgan fingerprint density at radius 1 is 1.45 bits per heavy atom. The van der Waals surface area contributed by atoms with E-state index in [1.54, 1.807) is 12.1 Å². The lowest BCUT2D eigenvalue weighted by atomic mass is 10.1. The molecule has 2 aliphatic heterocycles. The fourth-order valence-electron chi connectivity index (χ4n) is 2.78. The molecule has 1 saturated heterocycles. The topological polar surface area (TPSA) is 67.4 Å². The van der Waals surface area contributed by atoms with Crippen molar-refractivity contribution >= 4 is 15.7 Å². The van der Waals surface area contributed by atoms with Gasteiger partial charge in [0, 0.05) is 24.9 Å². The first-order valence-corrected chi connectivity index (χ1v) is 8.54. The van der Waals surface area contributed by atoms with Gasteiger partial charge in [0.25, 0.3) is 0 Å². The lowest BCUT2D eigenvalue weighted by Gasteiger charge is -2.12. The molecule has 0 aromatic heterocycles. The van der Waals surface area contributed by atoms with Crippen LogP contribution >= 0.6 is 0 Å². The van der Waals surface area contributed by atoms with E-state index in [-0.39, 0.29) is 6.10 Å². The molecule has 6 heteroatoms. The first-order chi connectivity index (χ1) is 9.54. The summed E-state index contributed by atoms with van der Waals surface area (Å²) in [5.41, 5.74) is 2.10. The molecule has 2 N–H and O–H groups in total. The highest BCUT2D eigenvalue weighted by molar-refractivity contribution is 7.89. The number of hydrogen-bond acceptors (Lipinski definition) is 4. The van der Waals surface area contributed by atoms with Gasteiger partial charge < -0.3 is 10.1 Å². The highest BCUT2D eigenvalue weighted by atomic mass is 32.2. The van der Waals surface area contributed by atoms with Crippen molar-refractivity contribution in [3.63, 3.8) is 0 Å². The number of rotatable bonds is 4. The van der Waals surface area contributed by atoms with Crippen LogP contribution in [0, 0.1) is 0 Å². The van der Waals surface area contributed by atoms with Crippen molar-refractivity contribution in [3.05, 3.63) is 23.8 Å². The first-order valence-electron chi connectivity index (χ1n) is 7.05. The molecule has 5 nitrogen and oxygen atoms in total. The molecule has 1 aromatic rings. The Bertz CT molecular complexity index is 594. The van der Waals surface area contributed by atoms with E-state index in [1.165, 1.54) is 0 Å². The second-order valence-corrected chi connectivity index (χ2v) is 7.32. The molecule has 0 radical (unpaired) electrons. The molecule has 2 unspecified atom stereocenters. The van der Waals surface area contributed by atoms with E-state index >= 15 is 0 Å². The van der Waals surface area contributed by atoms with E-state index in [2.05, 4.69) is 17.0 Å². The zero-order chi connectivity index (χ0) is 14.2. The molecule has 1 fully saturated rings. The third-order valence-electron chi connectivity index (χ3n) is 3.84. The van der Waals surface area contributed by atoms with Crippen LogP contribution in [0.4, 0.5) is 5.69 Å². The zero-order valence-electron chi connectivity index (χ0n) is 11.6. The molecular formula is C14H20N2O3S. The van der Waals surface area contributed by atoms with Gasteiger partial charge in [-0.3, -0.25) is 0 Å². The predicted octanol–water partition coefficient (Wildman–Crippen LogP) is 1.50. The highest BCUT2D eigenvalue weighted by Gasteiger charge is 2.23. The number of nitrogens with one attached hydrogen (secondary N) is 2. The second-order valence-electron chi connectivity index (χ2n) is 5.56. The van der Waals surface area contributed by atoms with E-state index in [0.717, 1.165) is 37.1 Å². The van der Waals surface area contributed by atoms with Crippen LogP contribution in [-0.4, -0.2) is 33.7 Å². The molecule has 0 bridgehead atoms. The molecule has 110 valence electrons. The molecule has 3 rings (SSSR count). The van der Waals surface area contributed by atoms with Crippen LogP contribution in [0.2, 0.25) is 0 Å². The highest BCUT2D eigenvalue weighted by Crippen LogP contribution is 2.28. The Morgan fingerprint density at radius 3 is 3.05 bits per heavy atom. The Morgan fingerprint density at radius 2 is 2.30 bits per heavy atom. The molecule has 0 spiro atoms. The van der Waals surface area contributed by atoms with Gasteiger partial charge in [0.15, 0.2) is 0 Å². The van der Waals surface area contributed by atoms with Crippen LogP contribution < -0.4 is 10.0 Å². The van der Waals surface area contributed by atoms with Gasteiger partial charge in [0.05, 0.1) is 11.0 Å². The third kappa shape index (κ3) is 2.82. The van der Waals surface area contributed by atoms with Crippen molar-refractivity contribution in [2.24, 2.45) is 0 Å². The summed E-state index contributed by atoms with van der Waals surface area (Å²) >= 11 is 0. The van der Waals surface area contributed by atoms with Gasteiger partial charge in [-0.05, 0) is 49.9 Å². The average Bonchev–Trinajstić information content (AvgIpc) is 3.03. The largest absolute Gasteiger partial charge is 0.382 e. The summed E-state index contributed by atoms with van der Waals surface area (Å²) in [4.78, 5) is 0.338. The van der Waals surface area contributed by atoms with E-state index in [1.807, 2.05) is 6.07 Å². The van der Waals surface area contributed by atoms with Crippen LogP contribution in [0.25, 0.3) is 0 Å². The smallest absolute Gasteiger partial charge is 0.240 e. The van der Waals surface area contributed by atoms with E-state index in [4.69, 9.17) is 4.74 Å². The van der Waals surface area contributed by atoms with Gasteiger partial charge in [-0.25, -0.2) is 13.1 Å². The van der Waals surface area contributed by atoms with E-state index in [0.29, 0.717) is 17.5 Å².